The highest BCUT2D eigenvalue weighted by molar-refractivity contribution is 7.38. The van der Waals surface area contributed by atoms with Crippen molar-refractivity contribution < 1.29 is 0 Å². The van der Waals surface area contributed by atoms with E-state index in [2.05, 4.69) is 63.8 Å². The van der Waals surface area contributed by atoms with Crippen LogP contribution in [0.25, 0.3) is 0 Å². The lowest BCUT2D eigenvalue weighted by Crippen LogP contribution is -2.72. The van der Waals surface area contributed by atoms with Crippen LogP contribution in [0.15, 0.2) is 0 Å². The third kappa shape index (κ3) is 5.61. The van der Waals surface area contributed by atoms with Crippen molar-refractivity contribution in [2.45, 2.75) is 53.9 Å². The summed E-state index contributed by atoms with van der Waals surface area (Å²) in [6.45, 7) is 21.4. The average Bonchev–Trinajstić information content (AvgIpc) is 2.11. The Morgan fingerprint density at radius 1 is 0.688 bits per heavy atom. The van der Waals surface area contributed by atoms with Crippen LogP contribution in [0, 0.1) is 11.8 Å². The van der Waals surface area contributed by atoms with Crippen molar-refractivity contribution in [2.75, 3.05) is 13.1 Å². The molecule has 98 valence electrons. The standard InChI is InChI=1S/C12H32N2Si2/c1-11(2)9-13-15(5,6)16(7,8)14-10-12(3)4/h11-14H,9-10H2,1-8H3. The van der Waals surface area contributed by atoms with Crippen molar-refractivity contribution in [1.82, 2.24) is 9.96 Å². The Hall–Kier alpha value is 0.354. The largest absolute Gasteiger partial charge is 0.338 e. The van der Waals surface area contributed by atoms with Crippen LogP contribution in [0.1, 0.15) is 27.7 Å². The first-order chi connectivity index (χ1) is 7.08. The zero-order valence-electron chi connectivity index (χ0n) is 12.6. The second-order valence-electron chi connectivity index (χ2n) is 6.80. The Balaban J connectivity index is 4.33. The summed E-state index contributed by atoms with van der Waals surface area (Å²) in [7, 11) is -2.57. The quantitative estimate of drug-likeness (QED) is 0.688. The minimum absolute atomic E-state index is 0.752. The van der Waals surface area contributed by atoms with Gasteiger partial charge in [0, 0.05) is 0 Å². The van der Waals surface area contributed by atoms with Crippen LogP contribution in [0.5, 0.6) is 0 Å². The van der Waals surface area contributed by atoms with Crippen molar-refractivity contribution in [3.63, 3.8) is 0 Å². The third-order valence-corrected chi connectivity index (χ3v) is 19.2. The van der Waals surface area contributed by atoms with Gasteiger partial charge in [-0.1, -0.05) is 53.9 Å². The van der Waals surface area contributed by atoms with Crippen LogP contribution < -0.4 is 9.96 Å². The molecular formula is C12H32N2Si2. The van der Waals surface area contributed by atoms with Gasteiger partial charge in [0.25, 0.3) is 0 Å². The Kier molecular flexibility index (Phi) is 6.47. The van der Waals surface area contributed by atoms with Crippen LogP contribution in [0.3, 0.4) is 0 Å². The molecule has 0 saturated carbocycles. The molecule has 0 amide bonds. The summed E-state index contributed by atoms with van der Waals surface area (Å²) in [4.78, 5) is 7.72. The van der Waals surface area contributed by atoms with E-state index in [0.29, 0.717) is 0 Å². The second kappa shape index (κ2) is 6.33. The maximum absolute atomic E-state index is 3.86. The molecule has 0 aromatic rings. The number of nitrogens with one attached hydrogen (secondary N) is 2. The number of rotatable bonds is 7. The zero-order chi connectivity index (χ0) is 13.0. The monoisotopic (exact) mass is 260 g/mol. The van der Waals surface area contributed by atoms with Crippen molar-refractivity contribution in [2.24, 2.45) is 11.8 Å². The lowest BCUT2D eigenvalue weighted by Gasteiger charge is -2.40. The highest BCUT2D eigenvalue weighted by atomic mass is 29.3. The van der Waals surface area contributed by atoms with Crippen molar-refractivity contribution in [3.8, 4) is 0 Å². The van der Waals surface area contributed by atoms with Gasteiger partial charge in [-0.2, -0.15) is 0 Å². The van der Waals surface area contributed by atoms with E-state index in [9.17, 15) is 0 Å². The molecule has 0 atom stereocenters. The van der Waals surface area contributed by atoms with Crippen molar-refractivity contribution in [1.29, 1.82) is 0 Å². The highest BCUT2D eigenvalue weighted by Crippen LogP contribution is 2.14. The molecule has 2 nitrogen and oxygen atoms in total. The molecular weight excluding hydrogens is 228 g/mol. The van der Waals surface area contributed by atoms with Crippen molar-refractivity contribution >= 4 is 15.5 Å². The van der Waals surface area contributed by atoms with Gasteiger partial charge in [-0.15, -0.1) is 0 Å². The summed E-state index contributed by atoms with van der Waals surface area (Å²) in [5.74, 6) is 1.50. The first kappa shape index (κ1) is 16.4. The Bertz CT molecular complexity index is 179. The molecule has 0 fully saturated rings. The van der Waals surface area contributed by atoms with Gasteiger partial charge in [0.1, 0.15) is 15.5 Å². The molecule has 0 aliphatic heterocycles. The van der Waals surface area contributed by atoms with Gasteiger partial charge in [0.15, 0.2) is 0 Å². The Morgan fingerprint density at radius 3 is 1.12 bits per heavy atom. The van der Waals surface area contributed by atoms with Crippen LogP contribution in [0.2, 0.25) is 26.2 Å². The van der Waals surface area contributed by atoms with E-state index < -0.39 is 15.5 Å². The fourth-order valence-electron chi connectivity index (χ4n) is 1.36. The molecule has 0 unspecified atom stereocenters. The summed E-state index contributed by atoms with van der Waals surface area (Å²) in [5.41, 5.74) is 0. The first-order valence-corrected chi connectivity index (χ1v) is 13.6. The maximum Gasteiger partial charge on any atom is 0.126 e. The molecule has 0 rings (SSSR count). The van der Waals surface area contributed by atoms with Crippen LogP contribution >= 0.6 is 0 Å². The fraction of sp³-hybridized carbons (Fsp3) is 1.00. The maximum atomic E-state index is 3.86. The Labute approximate surface area is 105 Å². The topological polar surface area (TPSA) is 24.1 Å². The van der Waals surface area contributed by atoms with Crippen LogP contribution in [-0.4, -0.2) is 28.6 Å². The normalized spacial score (nSPS) is 13.9. The highest BCUT2D eigenvalue weighted by Gasteiger charge is 2.41. The van der Waals surface area contributed by atoms with Gasteiger partial charge in [0.2, 0.25) is 0 Å². The van der Waals surface area contributed by atoms with E-state index in [1.54, 1.807) is 0 Å². The van der Waals surface area contributed by atoms with Gasteiger partial charge in [-0.25, -0.2) is 0 Å². The molecule has 2 N–H and O–H groups in total. The van der Waals surface area contributed by atoms with E-state index in [0.717, 1.165) is 11.8 Å². The van der Waals surface area contributed by atoms with Crippen molar-refractivity contribution in [3.05, 3.63) is 0 Å². The predicted molar refractivity (Wildman–Crippen MR) is 80.6 cm³/mol. The summed E-state index contributed by atoms with van der Waals surface area (Å²) < 4.78 is 0. The summed E-state index contributed by atoms with van der Waals surface area (Å²) in [5, 5.41) is 0. The first-order valence-electron chi connectivity index (χ1n) is 6.58. The number of hydrogen-bond donors (Lipinski definition) is 2. The molecule has 0 aromatic carbocycles. The van der Waals surface area contributed by atoms with Crippen LogP contribution in [-0.2, 0) is 0 Å². The molecule has 0 heterocycles. The molecule has 16 heavy (non-hydrogen) atoms. The lowest BCUT2D eigenvalue weighted by molar-refractivity contribution is 0.619. The van der Waals surface area contributed by atoms with E-state index in [1.165, 1.54) is 13.1 Å². The summed E-state index contributed by atoms with van der Waals surface area (Å²) >= 11 is 0. The van der Waals surface area contributed by atoms with Gasteiger partial charge < -0.3 is 9.96 Å². The van der Waals surface area contributed by atoms with E-state index >= 15 is 0 Å². The molecule has 0 saturated heterocycles. The third-order valence-electron chi connectivity index (χ3n) is 3.47. The molecule has 0 bridgehead atoms. The molecule has 4 heteroatoms. The van der Waals surface area contributed by atoms with Gasteiger partial charge in [0.05, 0.1) is 0 Å². The smallest absolute Gasteiger partial charge is 0.126 e. The molecule has 0 aliphatic carbocycles. The average molecular weight is 261 g/mol. The summed E-state index contributed by atoms with van der Waals surface area (Å²) in [6, 6.07) is 0. The molecule has 0 spiro atoms. The van der Waals surface area contributed by atoms with Crippen LogP contribution in [0.4, 0.5) is 0 Å². The van der Waals surface area contributed by atoms with E-state index in [-0.39, 0.29) is 0 Å². The van der Waals surface area contributed by atoms with Gasteiger partial charge in [-0.3, -0.25) is 0 Å². The molecule has 0 radical (unpaired) electrons. The predicted octanol–water partition coefficient (Wildman–Crippen LogP) is 2.97. The van der Waals surface area contributed by atoms with E-state index in [4.69, 9.17) is 0 Å². The minimum atomic E-state index is -1.28. The second-order valence-corrected chi connectivity index (χ2v) is 21.5. The summed E-state index contributed by atoms with van der Waals surface area (Å²) in [6.07, 6.45) is 0. The van der Waals surface area contributed by atoms with E-state index in [1.807, 2.05) is 0 Å². The molecule has 0 aromatic heterocycles. The molecule has 0 aliphatic rings. The zero-order valence-corrected chi connectivity index (χ0v) is 14.6. The Morgan fingerprint density at radius 2 is 0.938 bits per heavy atom. The SMILES string of the molecule is CC(C)CN[Si](C)(C)[Si](C)(C)NCC(C)C. The minimum Gasteiger partial charge on any atom is -0.338 e. The number of hydrogen-bond acceptors (Lipinski definition) is 2. The van der Waals surface area contributed by atoms with Gasteiger partial charge >= 0.3 is 0 Å². The lowest BCUT2D eigenvalue weighted by atomic mass is 10.2. The fourth-order valence-corrected chi connectivity index (χ4v) is 7.35. The van der Waals surface area contributed by atoms with Gasteiger partial charge in [-0.05, 0) is 24.9 Å².